The van der Waals surface area contributed by atoms with Crippen molar-refractivity contribution < 1.29 is 32.9 Å². The van der Waals surface area contributed by atoms with Crippen LogP contribution >= 0.6 is 0 Å². The van der Waals surface area contributed by atoms with Gasteiger partial charge in [0, 0.05) is 5.56 Å². The van der Waals surface area contributed by atoms with Gasteiger partial charge in [-0.1, -0.05) is 47.6 Å². The molecule has 2 aromatic carbocycles. The van der Waals surface area contributed by atoms with Crippen molar-refractivity contribution in [2.45, 2.75) is 19.3 Å². The lowest BCUT2D eigenvalue weighted by atomic mass is 9.97. The zero-order valence-corrected chi connectivity index (χ0v) is 18.1. The number of aryl methyl sites for hydroxylation is 1. The topological polar surface area (TPSA) is 38.9 Å². The van der Waals surface area contributed by atoms with Crippen molar-refractivity contribution in [3.05, 3.63) is 71.6 Å². The molecule has 3 rings (SSSR count). The molecule has 0 amide bonds. The lowest BCUT2D eigenvalue weighted by molar-refractivity contribution is -0.00000634. The molecule has 0 spiro atoms. The maximum absolute atomic E-state index is 14.6. The molecule has 3 aromatic rings. The van der Waals surface area contributed by atoms with Crippen LogP contribution in [0.3, 0.4) is 0 Å². The second-order valence-electron chi connectivity index (χ2n) is 6.32. The Kier molecular flexibility index (Phi) is 7.64. The molecule has 6 heteroatoms. The molecule has 0 aliphatic carbocycles. The van der Waals surface area contributed by atoms with Gasteiger partial charge < -0.3 is 28.5 Å². The fourth-order valence-electron chi connectivity index (χ4n) is 2.64. The second kappa shape index (κ2) is 9.50. The van der Waals surface area contributed by atoms with E-state index in [1.54, 1.807) is 6.07 Å². The van der Waals surface area contributed by atoms with E-state index in [1.165, 1.54) is 0 Å². The van der Waals surface area contributed by atoms with E-state index in [4.69, 9.17) is 4.52 Å². The predicted molar refractivity (Wildman–Crippen MR) is 101 cm³/mol. The van der Waals surface area contributed by atoms with Crippen LogP contribution in [0.15, 0.2) is 53.1 Å². The van der Waals surface area contributed by atoms with E-state index in [0.717, 1.165) is 29.1 Å². The molecule has 1 heterocycles. The van der Waals surface area contributed by atoms with E-state index in [1.807, 2.05) is 49.4 Å². The summed E-state index contributed by atoms with van der Waals surface area (Å²) in [7, 11) is 0.351. The van der Waals surface area contributed by atoms with E-state index < -0.39 is 0 Å². The Labute approximate surface area is 173 Å². The lowest BCUT2D eigenvalue weighted by Gasteiger charge is -2.10. The third-order valence-corrected chi connectivity index (χ3v) is 5.19. The van der Waals surface area contributed by atoms with Gasteiger partial charge >= 0.3 is 0 Å². The zero-order chi connectivity index (χ0) is 17.8. The Bertz CT molecular complexity index is 839. The van der Waals surface area contributed by atoms with Crippen molar-refractivity contribution in [3.63, 3.8) is 0 Å². The van der Waals surface area contributed by atoms with Crippen LogP contribution in [-0.4, -0.2) is 28.4 Å². The molecule has 0 radical (unpaired) electrons. The summed E-state index contributed by atoms with van der Waals surface area (Å²) in [6.45, 7) is 1.96. The van der Waals surface area contributed by atoms with Crippen LogP contribution in [0, 0.1) is 5.82 Å². The van der Waals surface area contributed by atoms with Crippen molar-refractivity contribution in [3.8, 4) is 11.1 Å². The highest BCUT2D eigenvalue weighted by Gasteiger charge is 2.19. The average Bonchev–Trinajstić information content (AvgIpc) is 3.09. The third-order valence-electron chi connectivity index (χ3n) is 4.17. The first kappa shape index (κ1) is 20.9. The fraction of sp³-hybridized carbons (Fsp3) is 0.300. The molecule has 0 bridgehead atoms. The van der Waals surface area contributed by atoms with E-state index in [9.17, 15) is 4.39 Å². The van der Waals surface area contributed by atoms with Crippen molar-refractivity contribution in [2.75, 3.05) is 18.3 Å². The minimum absolute atomic E-state index is 0. The Morgan fingerprint density at radius 1 is 1.12 bits per heavy atom. The van der Waals surface area contributed by atoms with E-state index in [0.29, 0.717) is 22.3 Å². The fourth-order valence-corrected chi connectivity index (χ4v) is 3.23. The number of halogens is 2. The molecule has 0 saturated carbocycles. The monoisotopic (exact) mass is 484 g/mol. The Morgan fingerprint density at radius 2 is 1.85 bits per heavy atom. The molecule has 1 unspecified atom stereocenters. The first-order chi connectivity index (χ1) is 12.0. The summed E-state index contributed by atoms with van der Waals surface area (Å²) in [6.07, 6.45) is 5.20. The summed E-state index contributed by atoms with van der Waals surface area (Å²) in [4.78, 5) is 4.47. The van der Waals surface area contributed by atoms with Crippen LogP contribution in [0.1, 0.15) is 30.1 Å². The van der Waals surface area contributed by atoms with Gasteiger partial charge in [0.1, 0.15) is 11.6 Å². The molecule has 1 aromatic heterocycles. The first-order valence-corrected chi connectivity index (χ1v) is 10.5. The summed E-state index contributed by atoms with van der Waals surface area (Å²) >= 11 is 0. The Balaban J connectivity index is 0.00000243. The minimum Gasteiger partial charge on any atom is -1.00 e. The molecule has 26 heavy (non-hydrogen) atoms. The van der Waals surface area contributed by atoms with Gasteiger partial charge in [0.15, 0.2) is 5.82 Å². The van der Waals surface area contributed by atoms with Crippen LogP contribution in [0.4, 0.5) is 4.39 Å². The minimum atomic E-state index is -0.240. The van der Waals surface area contributed by atoms with Crippen molar-refractivity contribution in [1.29, 1.82) is 0 Å². The summed E-state index contributed by atoms with van der Waals surface area (Å²) in [5.41, 5.74) is 2.30. The smallest absolute Gasteiger partial charge is 0.233 e. The molecule has 3 nitrogen and oxygen atoms in total. The maximum atomic E-state index is 14.6. The van der Waals surface area contributed by atoms with Gasteiger partial charge in [0.25, 0.3) is 0 Å². The van der Waals surface area contributed by atoms with Gasteiger partial charge in [-0.3, -0.25) is 0 Å². The first-order valence-electron chi connectivity index (χ1n) is 8.26. The highest BCUT2D eigenvalue weighted by Crippen LogP contribution is 2.28. The van der Waals surface area contributed by atoms with Crippen molar-refractivity contribution in [1.82, 2.24) is 10.1 Å². The number of hydrogen-bond donors (Lipinski definition) is 0. The molecule has 0 saturated heterocycles. The number of rotatable bonds is 6. The molecule has 0 fully saturated rings. The van der Waals surface area contributed by atoms with E-state index >= 15 is 0 Å². The molecule has 0 aliphatic heterocycles. The second-order valence-corrected chi connectivity index (χ2v) is 8.70. The van der Waals surface area contributed by atoms with Gasteiger partial charge in [0.2, 0.25) is 5.89 Å². The number of hydrogen-bond acceptors (Lipinski definition) is 3. The van der Waals surface area contributed by atoms with Crippen LogP contribution in [-0.2, 0) is 17.3 Å². The summed E-state index contributed by atoms with van der Waals surface area (Å²) in [5, 5.41) is 4.05. The number of nitrogens with zero attached hydrogens (tertiary/aromatic N) is 2. The predicted octanol–water partition coefficient (Wildman–Crippen LogP) is 1.45. The molecule has 0 N–H and O–H groups in total. The standard InChI is InChI=1S/C20H22FN2OS.HI/c1-14(20-22-19(23-24-20)11-12-25(2)3)16-9-10-17(18(21)13-16)15-7-5-4-6-8-15;/h4-10,13-14H,11-12H2,1-3H3;1H/q+1;/p-1. The van der Waals surface area contributed by atoms with Crippen molar-refractivity contribution >= 4 is 10.9 Å². The maximum Gasteiger partial charge on any atom is 0.233 e. The van der Waals surface area contributed by atoms with Crippen LogP contribution in [0.5, 0.6) is 0 Å². The van der Waals surface area contributed by atoms with Gasteiger partial charge in [0.05, 0.1) is 24.9 Å². The van der Waals surface area contributed by atoms with Gasteiger partial charge in [-0.15, -0.1) is 0 Å². The highest BCUT2D eigenvalue weighted by atomic mass is 127. The van der Waals surface area contributed by atoms with Gasteiger partial charge in [-0.2, -0.15) is 4.98 Å². The highest BCUT2D eigenvalue weighted by molar-refractivity contribution is 7.95. The molecular formula is C20H22FIN2OS. The number of aromatic nitrogens is 2. The molecule has 0 aliphatic rings. The van der Waals surface area contributed by atoms with Crippen LogP contribution < -0.4 is 24.0 Å². The summed E-state index contributed by atoms with van der Waals surface area (Å²) in [5.74, 6) is 1.94. The van der Waals surface area contributed by atoms with Crippen LogP contribution in [0.2, 0.25) is 0 Å². The number of benzene rings is 2. The normalized spacial score (nSPS) is 12.0. The average molecular weight is 484 g/mol. The van der Waals surface area contributed by atoms with Gasteiger partial charge in [-0.25, -0.2) is 4.39 Å². The lowest BCUT2D eigenvalue weighted by Crippen LogP contribution is -3.00. The molecule has 138 valence electrons. The van der Waals surface area contributed by atoms with Crippen LogP contribution in [0.25, 0.3) is 11.1 Å². The van der Waals surface area contributed by atoms with Crippen molar-refractivity contribution in [2.24, 2.45) is 0 Å². The van der Waals surface area contributed by atoms with E-state index in [-0.39, 0.29) is 35.7 Å². The molecular weight excluding hydrogens is 462 g/mol. The summed E-state index contributed by atoms with van der Waals surface area (Å²) in [6, 6.07) is 14.8. The van der Waals surface area contributed by atoms with E-state index in [2.05, 4.69) is 22.7 Å². The summed E-state index contributed by atoms with van der Waals surface area (Å²) < 4.78 is 19.9. The van der Waals surface area contributed by atoms with Gasteiger partial charge in [-0.05, 0) is 35.0 Å². The molecule has 1 atom stereocenters. The SMILES string of the molecule is CC(c1ccc(-c2ccccc2)c(F)c1)c1nc(CC[S+](C)C)no1.[I-]. The largest absolute Gasteiger partial charge is 1.00 e. The third kappa shape index (κ3) is 5.07. The Morgan fingerprint density at radius 3 is 2.50 bits per heavy atom. The quantitative estimate of drug-likeness (QED) is 0.393. The zero-order valence-electron chi connectivity index (χ0n) is 15.1. The Hall–Kier alpha value is -1.41.